The highest BCUT2D eigenvalue weighted by Gasteiger charge is 2.24. The molecule has 168 valence electrons. The molecule has 0 radical (unpaired) electrons. The van der Waals surface area contributed by atoms with Crippen LogP contribution in [0.1, 0.15) is 36.1 Å². The van der Waals surface area contributed by atoms with E-state index in [2.05, 4.69) is 10.3 Å². The number of thiophene rings is 1. The number of benzene rings is 2. The zero-order chi connectivity index (χ0) is 23.5. The van der Waals surface area contributed by atoms with E-state index in [1.54, 1.807) is 31.2 Å². The third-order valence-electron chi connectivity index (χ3n) is 5.13. The number of para-hydroxylation sites is 1. The zero-order valence-electron chi connectivity index (χ0n) is 17.9. The summed E-state index contributed by atoms with van der Waals surface area (Å²) in [6, 6.07) is 15.3. The number of aromatic carboxylic acids is 1. The molecule has 9 heteroatoms. The molecule has 0 saturated carbocycles. The molecular formula is C24H21N3O5S. The van der Waals surface area contributed by atoms with Gasteiger partial charge in [-0.15, -0.1) is 11.3 Å². The summed E-state index contributed by atoms with van der Waals surface area (Å²) in [5, 5.41) is 13.6. The van der Waals surface area contributed by atoms with E-state index in [1.807, 2.05) is 37.3 Å². The summed E-state index contributed by atoms with van der Waals surface area (Å²) in [4.78, 5) is 42.5. The number of hydrogen-bond acceptors (Lipinski definition) is 6. The molecular weight excluding hydrogens is 442 g/mol. The molecule has 8 nitrogen and oxygen atoms in total. The fraction of sp³-hybridized carbons (Fsp3) is 0.167. The first kappa shape index (κ1) is 22.2. The van der Waals surface area contributed by atoms with Crippen LogP contribution >= 0.6 is 11.3 Å². The van der Waals surface area contributed by atoms with Crippen LogP contribution < -0.4 is 15.6 Å². The number of aryl methyl sites for hydroxylation is 1. The summed E-state index contributed by atoms with van der Waals surface area (Å²) in [7, 11) is 0. The van der Waals surface area contributed by atoms with E-state index in [1.165, 1.54) is 9.95 Å². The van der Waals surface area contributed by atoms with Gasteiger partial charge < -0.3 is 15.2 Å². The van der Waals surface area contributed by atoms with E-state index in [4.69, 9.17) is 4.74 Å². The molecule has 2 N–H and O–H groups in total. The van der Waals surface area contributed by atoms with Crippen LogP contribution in [0.4, 0.5) is 5.69 Å². The van der Waals surface area contributed by atoms with Gasteiger partial charge in [0.1, 0.15) is 28.2 Å². The van der Waals surface area contributed by atoms with Crippen LogP contribution in [0.5, 0.6) is 11.5 Å². The number of hydrogen-bond donors (Lipinski definition) is 2. The summed E-state index contributed by atoms with van der Waals surface area (Å²) in [6.07, 6.45) is 0.411. The summed E-state index contributed by atoms with van der Waals surface area (Å²) < 4.78 is 7.02. The topological polar surface area (TPSA) is 111 Å². The quantitative estimate of drug-likeness (QED) is 0.411. The number of carboxylic acid groups (broad SMARTS) is 1. The highest BCUT2D eigenvalue weighted by Crippen LogP contribution is 2.25. The first-order chi connectivity index (χ1) is 15.9. The van der Waals surface area contributed by atoms with Crippen molar-refractivity contribution in [3.05, 3.63) is 81.7 Å². The van der Waals surface area contributed by atoms with Crippen molar-refractivity contribution in [1.29, 1.82) is 0 Å². The Morgan fingerprint density at radius 3 is 2.42 bits per heavy atom. The lowest BCUT2D eigenvalue weighted by Gasteiger charge is -2.18. The lowest BCUT2D eigenvalue weighted by molar-refractivity contribution is -0.118. The molecule has 2 heterocycles. The largest absolute Gasteiger partial charge is 0.478 e. The Bertz CT molecular complexity index is 1380. The Morgan fingerprint density at radius 1 is 1.12 bits per heavy atom. The molecule has 2 aromatic carbocycles. The molecule has 0 fully saturated rings. The molecule has 1 unspecified atom stereocenters. The van der Waals surface area contributed by atoms with Gasteiger partial charge in [0.25, 0.3) is 5.56 Å². The van der Waals surface area contributed by atoms with Crippen LogP contribution in [0.2, 0.25) is 0 Å². The minimum atomic E-state index is -1.20. The van der Waals surface area contributed by atoms with Gasteiger partial charge >= 0.3 is 5.97 Å². The lowest BCUT2D eigenvalue weighted by atomic mass is 10.2. The number of aromatic nitrogens is 2. The maximum atomic E-state index is 13.2. The smallest absolute Gasteiger partial charge is 0.337 e. The number of carboxylic acids is 1. The number of carbonyl (C=O) groups is 2. The van der Waals surface area contributed by atoms with Crippen molar-refractivity contribution in [3.8, 4) is 11.5 Å². The minimum Gasteiger partial charge on any atom is -0.478 e. The second-order valence-corrected chi connectivity index (χ2v) is 8.15. The van der Waals surface area contributed by atoms with Gasteiger partial charge in [-0.05, 0) is 43.3 Å². The Hall–Kier alpha value is -3.98. The molecule has 0 aliphatic heterocycles. The van der Waals surface area contributed by atoms with Crippen LogP contribution in [-0.4, -0.2) is 26.5 Å². The molecule has 0 bridgehead atoms. The van der Waals surface area contributed by atoms with Gasteiger partial charge in [0.2, 0.25) is 5.91 Å². The Kier molecular flexibility index (Phi) is 6.23. The van der Waals surface area contributed by atoms with Crippen LogP contribution in [0.25, 0.3) is 10.2 Å². The van der Waals surface area contributed by atoms with Crippen molar-refractivity contribution in [2.45, 2.75) is 26.3 Å². The molecule has 4 aromatic rings. The predicted molar refractivity (Wildman–Crippen MR) is 127 cm³/mol. The van der Waals surface area contributed by atoms with Crippen molar-refractivity contribution >= 4 is 39.1 Å². The standard InChI is InChI=1S/C24H21N3O5S/c1-3-19-26-22-20(18(13-33-22)24(30)31)23(29)27(19)14(2)21(28)25-15-9-11-17(12-10-15)32-16-7-5-4-6-8-16/h4-14H,3H2,1-2H3,(H,25,28)(H,30,31). The second kappa shape index (κ2) is 9.25. The van der Waals surface area contributed by atoms with E-state index < -0.39 is 23.5 Å². The van der Waals surface area contributed by atoms with Crippen molar-refractivity contribution in [3.63, 3.8) is 0 Å². The summed E-state index contributed by atoms with van der Waals surface area (Å²) in [5.74, 6) is 0.111. The van der Waals surface area contributed by atoms with Gasteiger partial charge in [-0.3, -0.25) is 14.2 Å². The summed E-state index contributed by atoms with van der Waals surface area (Å²) in [6.45, 7) is 3.41. The van der Waals surface area contributed by atoms with Crippen molar-refractivity contribution in [2.75, 3.05) is 5.32 Å². The number of anilines is 1. The van der Waals surface area contributed by atoms with Crippen molar-refractivity contribution in [1.82, 2.24) is 9.55 Å². The van der Waals surface area contributed by atoms with E-state index in [0.717, 1.165) is 11.3 Å². The fourth-order valence-electron chi connectivity index (χ4n) is 3.45. The highest BCUT2D eigenvalue weighted by atomic mass is 32.1. The fourth-order valence-corrected chi connectivity index (χ4v) is 4.37. The Balaban J connectivity index is 1.58. The number of nitrogens with zero attached hydrogens (tertiary/aromatic N) is 2. The van der Waals surface area contributed by atoms with Crippen LogP contribution in [-0.2, 0) is 11.2 Å². The number of rotatable bonds is 7. The summed E-state index contributed by atoms with van der Waals surface area (Å²) in [5.41, 5.74) is -0.107. The van der Waals surface area contributed by atoms with Gasteiger partial charge in [-0.25, -0.2) is 9.78 Å². The average molecular weight is 464 g/mol. The first-order valence-corrected chi connectivity index (χ1v) is 11.2. The van der Waals surface area contributed by atoms with Crippen molar-refractivity contribution in [2.24, 2.45) is 0 Å². The van der Waals surface area contributed by atoms with E-state index >= 15 is 0 Å². The monoisotopic (exact) mass is 463 g/mol. The highest BCUT2D eigenvalue weighted by molar-refractivity contribution is 7.17. The molecule has 0 spiro atoms. The molecule has 0 saturated heterocycles. The molecule has 4 rings (SSSR count). The van der Waals surface area contributed by atoms with Crippen LogP contribution in [0.3, 0.4) is 0 Å². The predicted octanol–water partition coefficient (Wildman–Crippen LogP) is 4.71. The SMILES string of the molecule is CCc1nc2scc(C(=O)O)c2c(=O)n1C(C)C(=O)Nc1ccc(Oc2ccccc2)cc1. The van der Waals surface area contributed by atoms with Crippen molar-refractivity contribution < 1.29 is 19.4 Å². The normalized spacial score (nSPS) is 11.8. The first-order valence-electron chi connectivity index (χ1n) is 10.3. The van der Waals surface area contributed by atoms with Crippen LogP contribution in [0, 0.1) is 0 Å². The molecule has 33 heavy (non-hydrogen) atoms. The number of carbonyl (C=O) groups excluding carboxylic acids is 1. The van der Waals surface area contributed by atoms with Gasteiger partial charge in [0.05, 0.1) is 10.9 Å². The van der Waals surface area contributed by atoms with Gasteiger partial charge in [0.15, 0.2) is 0 Å². The Labute approximate surface area is 193 Å². The number of ether oxygens (including phenoxy) is 1. The van der Waals surface area contributed by atoms with Gasteiger partial charge in [-0.2, -0.15) is 0 Å². The molecule has 2 aromatic heterocycles. The molecule has 0 aliphatic rings. The zero-order valence-corrected chi connectivity index (χ0v) is 18.8. The third kappa shape index (κ3) is 4.49. The Morgan fingerprint density at radius 2 is 1.79 bits per heavy atom. The molecule has 1 atom stereocenters. The maximum Gasteiger partial charge on any atom is 0.337 e. The average Bonchev–Trinajstić information content (AvgIpc) is 3.25. The third-order valence-corrected chi connectivity index (χ3v) is 6.00. The van der Waals surface area contributed by atoms with Gasteiger partial charge in [-0.1, -0.05) is 25.1 Å². The number of fused-ring (bicyclic) bond motifs is 1. The van der Waals surface area contributed by atoms with Gasteiger partial charge in [0, 0.05) is 17.5 Å². The minimum absolute atomic E-state index is 0.0202. The van der Waals surface area contributed by atoms with E-state index in [0.29, 0.717) is 34.3 Å². The molecule has 0 aliphatic carbocycles. The van der Waals surface area contributed by atoms with E-state index in [9.17, 15) is 19.5 Å². The van der Waals surface area contributed by atoms with E-state index in [-0.39, 0.29) is 10.9 Å². The van der Waals surface area contributed by atoms with Crippen LogP contribution in [0.15, 0.2) is 64.8 Å². The second-order valence-electron chi connectivity index (χ2n) is 7.30. The molecule has 1 amide bonds. The summed E-state index contributed by atoms with van der Waals surface area (Å²) >= 11 is 1.10. The lowest BCUT2D eigenvalue weighted by Crippen LogP contribution is -2.34. The number of nitrogens with one attached hydrogen (secondary N) is 1. The number of amides is 1. The maximum absolute atomic E-state index is 13.2.